The molecule has 0 spiro atoms. The van der Waals surface area contributed by atoms with E-state index in [0.29, 0.717) is 33.0 Å². The van der Waals surface area contributed by atoms with E-state index >= 15 is 0 Å². The molecular weight excluding hydrogens is 442 g/mol. The average Bonchev–Trinajstić information content (AvgIpc) is 2.81. The fourth-order valence-electron chi connectivity index (χ4n) is 3.38. The molecule has 1 aromatic heterocycles. The third kappa shape index (κ3) is 4.71. The maximum Gasteiger partial charge on any atom is 0.262 e. The van der Waals surface area contributed by atoms with E-state index in [1.807, 2.05) is 19.9 Å². The summed E-state index contributed by atoms with van der Waals surface area (Å²) in [6, 6.07) is 17.5. The lowest BCUT2D eigenvalue weighted by Crippen LogP contribution is -2.22. The van der Waals surface area contributed by atoms with E-state index in [0.717, 1.165) is 11.1 Å². The zero-order chi connectivity index (χ0) is 23.5. The van der Waals surface area contributed by atoms with Crippen LogP contribution in [0.25, 0.3) is 22.3 Å². The first-order valence-corrected chi connectivity index (χ1v) is 10.6. The second-order valence-corrected chi connectivity index (χ2v) is 7.97. The number of nitrogens with one attached hydrogen (secondary N) is 1. The van der Waals surface area contributed by atoms with Gasteiger partial charge in [0.25, 0.3) is 5.91 Å². The van der Waals surface area contributed by atoms with Crippen LogP contribution in [0.3, 0.4) is 0 Å². The molecule has 0 fully saturated rings. The Morgan fingerprint density at radius 2 is 1.73 bits per heavy atom. The van der Waals surface area contributed by atoms with Crippen molar-refractivity contribution in [3.63, 3.8) is 0 Å². The van der Waals surface area contributed by atoms with Gasteiger partial charge in [-0.15, -0.1) is 0 Å². The molecule has 0 radical (unpaired) electrons. The van der Waals surface area contributed by atoms with Gasteiger partial charge >= 0.3 is 0 Å². The second kappa shape index (κ2) is 9.38. The molecule has 0 atom stereocenters. The standard InChI is InChI=1S/C26H22ClNO5/c1-15-12-19-22(13-16(15)2)33-25(17-8-10-18(31-3)11-9-17)26(24(19)30)32-14-23(29)28-21-7-5-4-6-20(21)27/h4-13H,14H2,1-3H3,(H,28,29). The van der Waals surface area contributed by atoms with Gasteiger partial charge in [-0.1, -0.05) is 23.7 Å². The average molecular weight is 464 g/mol. The van der Waals surface area contributed by atoms with Crippen LogP contribution in [0.5, 0.6) is 11.5 Å². The third-order valence-corrected chi connectivity index (χ3v) is 5.64. The summed E-state index contributed by atoms with van der Waals surface area (Å²) in [6.45, 7) is 3.48. The van der Waals surface area contributed by atoms with Gasteiger partial charge in [0.15, 0.2) is 12.4 Å². The van der Waals surface area contributed by atoms with E-state index < -0.39 is 12.5 Å². The molecule has 6 nitrogen and oxygen atoms in total. The molecular formula is C26H22ClNO5. The minimum Gasteiger partial charge on any atom is -0.497 e. The van der Waals surface area contributed by atoms with Crippen LogP contribution >= 0.6 is 11.6 Å². The van der Waals surface area contributed by atoms with E-state index in [-0.39, 0.29) is 16.9 Å². The van der Waals surface area contributed by atoms with Crippen molar-refractivity contribution in [2.24, 2.45) is 0 Å². The summed E-state index contributed by atoms with van der Waals surface area (Å²) in [5, 5.41) is 3.47. The van der Waals surface area contributed by atoms with E-state index in [1.165, 1.54) is 0 Å². The lowest BCUT2D eigenvalue weighted by Gasteiger charge is -2.13. The quantitative estimate of drug-likeness (QED) is 0.393. The lowest BCUT2D eigenvalue weighted by molar-refractivity contribution is -0.118. The Balaban J connectivity index is 1.73. The molecule has 1 N–H and O–H groups in total. The van der Waals surface area contributed by atoms with Gasteiger partial charge in [0, 0.05) is 5.56 Å². The van der Waals surface area contributed by atoms with E-state index in [9.17, 15) is 9.59 Å². The topological polar surface area (TPSA) is 77.8 Å². The number of rotatable bonds is 6. The number of amides is 1. The van der Waals surface area contributed by atoms with Gasteiger partial charge in [0.1, 0.15) is 11.3 Å². The van der Waals surface area contributed by atoms with Crippen LogP contribution in [0.2, 0.25) is 5.02 Å². The van der Waals surface area contributed by atoms with Crippen molar-refractivity contribution < 1.29 is 18.7 Å². The Morgan fingerprint density at radius 1 is 1.03 bits per heavy atom. The Hall–Kier alpha value is -3.77. The van der Waals surface area contributed by atoms with Gasteiger partial charge in [-0.05, 0) is 73.5 Å². The summed E-state index contributed by atoms with van der Waals surface area (Å²) < 4.78 is 17.1. The summed E-state index contributed by atoms with van der Waals surface area (Å²) >= 11 is 6.10. The van der Waals surface area contributed by atoms with Gasteiger partial charge in [-0.3, -0.25) is 9.59 Å². The van der Waals surface area contributed by atoms with E-state index in [1.54, 1.807) is 61.7 Å². The predicted octanol–water partition coefficient (Wildman–Crippen LogP) is 5.76. The molecule has 7 heteroatoms. The number of anilines is 1. The number of benzene rings is 3. The minimum atomic E-state index is -0.455. The van der Waals surface area contributed by atoms with Gasteiger partial charge in [0.05, 0.1) is 23.2 Å². The highest BCUT2D eigenvalue weighted by Crippen LogP contribution is 2.33. The Kier molecular flexibility index (Phi) is 6.38. The first kappa shape index (κ1) is 22.4. The van der Waals surface area contributed by atoms with Crippen molar-refractivity contribution in [3.8, 4) is 22.8 Å². The fourth-order valence-corrected chi connectivity index (χ4v) is 3.57. The molecule has 0 bridgehead atoms. The molecule has 1 amide bonds. The zero-order valence-corrected chi connectivity index (χ0v) is 19.2. The van der Waals surface area contributed by atoms with Crippen molar-refractivity contribution in [1.82, 2.24) is 0 Å². The number of carbonyl (C=O) groups is 1. The molecule has 0 aliphatic carbocycles. The van der Waals surface area contributed by atoms with Crippen LogP contribution in [0.4, 0.5) is 5.69 Å². The monoisotopic (exact) mass is 463 g/mol. The predicted molar refractivity (Wildman–Crippen MR) is 130 cm³/mol. The maximum absolute atomic E-state index is 13.4. The summed E-state index contributed by atoms with van der Waals surface area (Å²) in [7, 11) is 1.57. The van der Waals surface area contributed by atoms with Crippen LogP contribution < -0.4 is 20.2 Å². The molecule has 0 saturated carbocycles. The van der Waals surface area contributed by atoms with Crippen LogP contribution in [-0.4, -0.2) is 19.6 Å². The lowest BCUT2D eigenvalue weighted by atomic mass is 10.0. The summed E-state index contributed by atoms with van der Waals surface area (Å²) in [5.74, 6) is 0.410. The number of fused-ring (bicyclic) bond motifs is 1. The Labute approximate surface area is 195 Å². The van der Waals surface area contributed by atoms with Gasteiger partial charge < -0.3 is 19.2 Å². The molecule has 4 rings (SSSR count). The number of hydrogen-bond donors (Lipinski definition) is 1. The zero-order valence-electron chi connectivity index (χ0n) is 18.4. The Bertz CT molecular complexity index is 1390. The molecule has 3 aromatic carbocycles. The van der Waals surface area contributed by atoms with Crippen LogP contribution in [0, 0.1) is 13.8 Å². The summed E-state index contributed by atoms with van der Waals surface area (Å²) in [4.78, 5) is 25.9. The summed E-state index contributed by atoms with van der Waals surface area (Å²) in [6.07, 6.45) is 0. The SMILES string of the molecule is COc1ccc(-c2oc3cc(C)c(C)cc3c(=O)c2OCC(=O)Nc2ccccc2Cl)cc1. The number of methoxy groups -OCH3 is 1. The molecule has 4 aromatic rings. The number of ether oxygens (including phenoxy) is 2. The second-order valence-electron chi connectivity index (χ2n) is 7.57. The smallest absolute Gasteiger partial charge is 0.262 e. The minimum absolute atomic E-state index is 0.0368. The van der Waals surface area contributed by atoms with Crippen molar-refractivity contribution in [1.29, 1.82) is 0 Å². The number of hydrogen-bond acceptors (Lipinski definition) is 5. The molecule has 0 unspecified atom stereocenters. The normalized spacial score (nSPS) is 10.8. The highest BCUT2D eigenvalue weighted by molar-refractivity contribution is 6.33. The van der Waals surface area contributed by atoms with E-state index in [2.05, 4.69) is 5.32 Å². The maximum atomic E-state index is 13.4. The number of halogens is 1. The van der Waals surface area contributed by atoms with Crippen molar-refractivity contribution in [3.05, 3.63) is 87.0 Å². The highest BCUT2D eigenvalue weighted by Gasteiger charge is 2.20. The molecule has 33 heavy (non-hydrogen) atoms. The van der Waals surface area contributed by atoms with E-state index in [4.69, 9.17) is 25.5 Å². The molecule has 0 aliphatic rings. The van der Waals surface area contributed by atoms with Crippen LogP contribution in [0.15, 0.2) is 69.9 Å². The van der Waals surface area contributed by atoms with Gasteiger partial charge in [0.2, 0.25) is 11.2 Å². The van der Waals surface area contributed by atoms with Crippen molar-refractivity contribution in [2.75, 3.05) is 19.0 Å². The first-order chi connectivity index (χ1) is 15.9. The van der Waals surface area contributed by atoms with Crippen molar-refractivity contribution >= 4 is 34.2 Å². The molecule has 0 aliphatic heterocycles. The first-order valence-electron chi connectivity index (χ1n) is 10.3. The number of aryl methyl sites for hydroxylation is 2. The third-order valence-electron chi connectivity index (χ3n) is 5.31. The van der Waals surface area contributed by atoms with Gasteiger partial charge in [-0.2, -0.15) is 0 Å². The number of para-hydroxylation sites is 1. The largest absolute Gasteiger partial charge is 0.497 e. The van der Waals surface area contributed by atoms with Gasteiger partial charge in [-0.25, -0.2) is 0 Å². The van der Waals surface area contributed by atoms with Crippen LogP contribution in [0.1, 0.15) is 11.1 Å². The number of carbonyl (C=O) groups excluding carboxylic acids is 1. The fraction of sp³-hybridized carbons (Fsp3) is 0.154. The Morgan fingerprint density at radius 3 is 2.42 bits per heavy atom. The molecule has 168 valence electrons. The summed E-state index contributed by atoms with van der Waals surface area (Å²) in [5.41, 5.74) is 3.13. The highest BCUT2D eigenvalue weighted by atomic mass is 35.5. The van der Waals surface area contributed by atoms with Crippen LogP contribution in [-0.2, 0) is 4.79 Å². The molecule has 0 saturated heterocycles. The molecule has 1 heterocycles. The van der Waals surface area contributed by atoms with Crippen molar-refractivity contribution in [2.45, 2.75) is 13.8 Å².